The van der Waals surface area contributed by atoms with Crippen molar-refractivity contribution in [1.29, 1.82) is 0 Å². The summed E-state index contributed by atoms with van der Waals surface area (Å²) in [6.07, 6.45) is 0.614. The molecule has 0 fully saturated rings. The molecule has 0 saturated carbocycles. The van der Waals surface area contributed by atoms with Gasteiger partial charge in [0.15, 0.2) is 0 Å². The van der Waals surface area contributed by atoms with Crippen LogP contribution in [0.15, 0.2) is 60.7 Å². The molecule has 3 rings (SSSR count). The third kappa shape index (κ3) is 4.66. The smallest absolute Gasteiger partial charge is 0.340 e. The molecule has 2 N–H and O–H groups in total. The second-order valence-corrected chi connectivity index (χ2v) is 6.78. The molecular weight excluding hydrogens is 380 g/mol. The van der Waals surface area contributed by atoms with Crippen LogP contribution in [-0.2, 0) is 16.0 Å². The highest BCUT2D eigenvalue weighted by Crippen LogP contribution is 2.31. The number of aryl methyl sites for hydroxylation is 1. The molecule has 30 heavy (non-hydrogen) atoms. The topological polar surface area (TPSA) is 88.3 Å². The number of carbonyl (C=O) groups is 3. The van der Waals surface area contributed by atoms with Crippen LogP contribution in [0.2, 0.25) is 0 Å². The quantitative estimate of drug-likeness (QED) is 0.340. The lowest BCUT2D eigenvalue weighted by molar-refractivity contribution is -0.117. The first kappa shape index (κ1) is 21.0. The number of aromatic nitrogens is 1. The monoisotopic (exact) mass is 404 g/mol. The van der Waals surface area contributed by atoms with Gasteiger partial charge in [-0.3, -0.25) is 9.59 Å². The van der Waals surface area contributed by atoms with Crippen molar-refractivity contribution in [2.45, 2.75) is 20.3 Å². The number of benzene rings is 2. The average molecular weight is 404 g/mol. The molecule has 0 atom stereocenters. The first-order chi connectivity index (χ1) is 14.5. The van der Waals surface area contributed by atoms with Gasteiger partial charge in [0.2, 0.25) is 0 Å². The summed E-state index contributed by atoms with van der Waals surface area (Å²) < 4.78 is 5.17. The van der Waals surface area contributed by atoms with Crippen LogP contribution in [0.4, 0.5) is 0 Å². The van der Waals surface area contributed by atoms with Gasteiger partial charge >= 0.3 is 5.97 Å². The van der Waals surface area contributed by atoms with E-state index in [0.29, 0.717) is 29.8 Å². The van der Waals surface area contributed by atoms with Gasteiger partial charge in [-0.25, -0.2) is 4.79 Å². The number of H-pyrrole nitrogens is 1. The predicted octanol–water partition coefficient (Wildman–Crippen LogP) is 3.71. The van der Waals surface area contributed by atoms with Gasteiger partial charge in [0.1, 0.15) is 5.69 Å². The first-order valence-corrected chi connectivity index (χ1v) is 9.84. The van der Waals surface area contributed by atoms with Gasteiger partial charge in [0.25, 0.3) is 11.7 Å². The Morgan fingerprint density at radius 1 is 0.967 bits per heavy atom. The summed E-state index contributed by atoms with van der Waals surface area (Å²) in [7, 11) is 0. The van der Waals surface area contributed by atoms with Gasteiger partial charge in [-0.05, 0) is 31.4 Å². The van der Waals surface area contributed by atoms with Gasteiger partial charge in [0, 0.05) is 17.8 Å². The Labute approximate surface area is 175 Å². The van der Waals surface area contributed by atoms with Crippen LogP contribution < -0.4 is 5.32 Å². The molecule has 0 aliphatic carbocycles. The highest BCUT2D eigenvalue weighted by atomic mass is 16.5. The predicted molar refractivity (Wildman–Crippen MR) is 114 cm³/mol. The average Bonchev–Trinajstić information content (AvgIpc) is 3.11. The fourth-order valence-corrected chi connectivity index (χ4v) is 3.31. The van der Waals surface area contributed by atoms with Crippen molar-refractivity contribution in [1.82, 2.24) is 10.3 Å². The Kier molecular flexibility index (Phi) is 6.80. The van der Waals surface area contributed by atoms with Gasteiger partial charge in [-0.2, -0.15) is 0 Å². The number of rotatable bonds is 8. The number of hydrogen-bond donors (Lipinski definition) is 2. The third-order valence-corrected chi connectivity index (χ3v) is 4.70. The second kappa shape index (κ2) is 9.69. The molecule has 0 saturated heterocycles. The zero-order valence-corrected chi connectivity index (χ0v) is 17.0. The summed E-state index contributed by atoms with van der Waals surface area (Å²) in [6, 6.07) is 18.7. The van der Waals surface area contributed by atoms with Crippen molar-refractivity contribution in [2.75, 3.05) is 13.2 Å². The van der Waals surface area contributed by atoms with Crippen molar-refractivity contribution in [2.24, 2.45) is 0 Å². The number of carbonyl (C=O) groups excluding carboxylic acids is 3. The number of esters is 1. The van der Waals surface area contributed by atoms with Crippen molar-refractivity contribution in [3.8, 4) is 11.1 Å². The molecule has 2 aromatic carbocycles. The lowest BCUT2D eigenvalue weighted by Crippen LogP contribution is -2.33. The lowest BCUT2D eigenvalue weighted by atomic mass is 9.98. The summed E-state index contributed by atoms with van der Waals surface area (Å²) >= 11 is 0. The zero-order chi connectivity index (χ0) is 21.5. The fraction of sp³-hybridized carbons (Fsp3) is 0.208. The lowest BCUT2D eigenvalue weighted by Gasteiger charge is -2.08. The largest absolute Gasteiger partial charge is 0.462 e. The van der Waals surface area contributed by atoms with E-state index in [-0.39, 0.29) is 17.9 Å². The number of nitrogens with one attached hydrogen (secondary N) is 2. The van der Waals surface area contributed by atoms with E-state index in [2.05, 4.69) is 10.3 Å². The normalized spacial score (nSPS) is 10.5. The van der Waals surface area contributed by atoms with E-state index in [9.17, 15) is 14.4 Å². The molecule has 6 heteroatoms. The van der Waals surface area contributed by atoms with E-state index < -0.39 is 17.7 Å². The minimum atomic E-state index is -0.722. The van der Waals surface area contributed by atoms with E-state index in [4.69, 9.17) is 4.74 Å². The highest BCUT2D eigenvalue weighted by molar-refractivity contribution is 6.43. The number of hydrogen-bond acceptors (Lipinski definition) is 4. The SMILES string of the molecule is CCOC(=O)c1c(C)[nH]c(C(=O)C(=O)NCCc2ccccc2)c1-c1ccccc1. The summed E-state index contributed by atoms with van der Waals surface area (Å²) in [6.45, 7) is 3.94. The Hall–Kier alpha value is -3.67. The maximum Gasteiger partial charge on any atom is 0.340 e. The molecule has 0 radical (unpaired) electrons. The standard InChI is InChI=1S/C24H24N2O4/c1-3-30-24(29)19-16(2)26-21(20(19)18-12-8-5-9-13-18)22(27)23(28)25-15-14-17-10-6-4-7-11-17/h4-13,26H,3,14-15H2,1-2H3,(H,25,28). The van der Waals surface area contributed by atoms with E-state index >= 15 is 0 Å². The van der Waals surface area contributed by atoms with Crippen LogP contribution >= 0.6 is 0 Å². The highest BCUT2D eigenvalue weighted by Gasteiger charge is 2.29. The van der Waals surface area contributed by atoms with Crippen LogP contribution in [0.25, 0.3) is 11.1 Å². The summed E-state index contributed by atoms with van der Waals surface area (Å²) in [5.74, 6) is -1.98. The van der Waals surface area contributed by atoms with Crippen molar-refractivity contribution in [3.63, 3.8) is 0 Å². The number of aromatic amines is 1. The van der Waals surface area contributed by atoms with Gasteiger partial charge in [0.05, 0.1) is 12.2 Å². The molecule has 0 spiro atoms. The molecule has 3 aromatic rings. The summed E-state index contributed by atoms with van der Waals surface area (Å²) in [5.41, 5.74) is 2.94. The Morgan fingerprint density at radius 2 is 1.60 bits per heavy atom. The van der Waals surface area contributed by atoms with Crippen LogP contribution in [0, 0.1) is 6.92 Å². The van der Waals surface area contributed by atoms with Gasteiger partial charge in [-0.15, -0.1) is 0 Å². The van der Waals surface area contributed by atoms with Crippen molar-refractivity contribution in [3.05, 3.63) is 83.2 Å². The number of Topliss-reactive ketones (excluding diaryl/α,β-unsaturated/α-hetero) is 1. The Balaban J connectivity index is 1.87. The van der Waals surface area contributed by atoms with E-state index in [0.717, 1.165) is 5.56 Å². The van der Waals surface area contributed by atoms with Crippen LogP contribution in [0.1, 0.15) is 39.0 Å². The number of amides is 1. The number of ether oxygens (including phenoxy) is 1. The molecule has 0 unspecified atom stereocenters. The molecule has 1 heterocycles. The third-order valence-electron chi connectivity index (χ3n) is 4.70. The molecule has 1 aromatic heterocycles. The van der Waals surface area contributed by atoms with E-state index in [1.165, 1.54) is 0 Å². The Morgan fingerprint density at radius 3 is 2.23 bits per heavy atom. The second-order valence-electron chi connectivity index (χ2n) is 6.78. The van der Waals surface area contributed by atoms with Crippen molar-refractivity contribution >= 4 is 17.7 Å². The summed E-state index contributed by atoms with van der Waals surface area (Å²) in [4.78, 5) is 40.9. The summed E-state index contributed by atoms with van der Waals surface area (Å²) in [5, 5.41) is 2.67. The Bertz CT molecular complexity index is 1040. The minimum Gasteiger partial charge on any atom is -0.462 e. The molecule has 6 nitrogen and oxygen atoms in total. The maximum absolute atomic E-state index is 12.9. The molecule has 1 amide bonds. The van der Waals surface area contributed by atoms with Crippen molar-refractivity contribution < 1.29 is 19.1 Å². The van der Waals surface area contributed by atoms with E-state index in [1.807, 2.05) is 36.4 Å². The van der Waals surface area contributed by atoms with Gasteiger partial charge < -0.3 is 15.0 Å². The molecule has 0 aliphatic rings. The van der Waals surface area contributed by atoms with Crippen LogP contribution in [0.3, 0.4) is 0 Å². The van der Waals surface area contributed by atoms with Gasteiger partial charge in [-0.1, -0.05) is 60.7 Å². The van der Waals surface area contributed by atoms with Crippen LogP contribution in [0.5, 0.6) is 0 Å². The first-order valence-electron chi connectivity index (χ1n) is 9.84. The zero-order valence-electron chi connectivity index (χ0n) is 17.0. The maximum atomic E-state index is 12.9. The number of ketones is 1. The molecular formula is C24H24N2O4. The fourth-order valence-electron chi connectivity index (χ4n) is 3.31. The molecule has 0 bridgehead atoms. The van der Waals surface area contributed by atoms with E-state index in [1.54, 1.807) is 38.1 Å². The van der Waals surface area contributed by atoms with Crippen LogP contribution in [-0.4, -0.2) is 35.8 Å². The molecule has 0 aliphatic heterocycles. The molecule has 154 valence electrons. The minimum absolute atomic E-state index is 0.0824.